The van der Waals surface area contributed by atoms with Gasteiger partial charge in [0.15, 0.2) is 0 Å². The number of hydrogen-bond acceptors (Lipinski definition) is 3. The average molecular weight is 289 g/mol. The van der Waals surface area contributed by atoms with Crippen molar-refractivity contribution in [2.24, 2.45) is 0 Å². The standard InChI is InChI=1S/C16H22N2O3/c1-12-7-5-6-10-18(12)16(21)17-14(15(19)20)11-13-8-3-2-4-9-13/h2-4,8-9,12,14H,5-7,10-11H2,1H3,(H,17,21)(H,19,20)/p-1/t12-,14-/m0/s1. The molecule has 0 unspecified atom stereocenters. The third-order valence-electron chi connectivity index (χ3n) is 3.93. The van der Waals surface area contributed by atoms with Crippen molar-refractivity contribution in [2.75, 3.05) is 6.54 Å². The van der Waals surface area contributed by atoms with E-state index in [0.29, 0.717) is 6.54 Å². The number of likely N-dealkylation sites (tertiary alicyclic amines) is 1. The predicted octanol–water partition coefficient (Wildman–Crippen LogP) is 0.932. The van der Waals surface area contributed by atoms with Crippen LogP contribution in [0.4, 0.5) is 4.79 Å². The minimum atomic E-state index is -1.25. The molecule has 1 aliphatic heterocycles. The van der Waals surface area contributed by atoms with Crippen molar-refractivity contribution in [2.45, 2.75) is 44.7 Å². The molecule has 1 N–H and O–H groups in total. The van der Waals surface area contributed by atoms with Gasteiger partial charge < -0.3 is 20.1 Å². The third kappa shape index (κ3) is 4.21. The van der Waals surface area contributed by atoms with Crippen LogP contribution in [0.2, 0.25) is 0 Å². The quantitative estimate of drug-likeness (QED) is 0.896. The smallest absolute Gasteiger partial charge is 0.318 e. The normalized spacial score (nSPS) is 19.9. The van der Waals surface area contributed by atoms with E-state index in [0.717, 1.165) is 24.8 Å². The van der Waals surface area contributed by atoms with Crippen LogP contribution in [-0.4, -0.2) is 35.5 Å². The summed E-state index contributed by atoms with van der Waals surface area (Å²) < 4.78 is 0. The number of carbonyl (C=O) groups excluding carboxylic acids is 2. The maximum Gasteiger partial charge on any atom is 0.318 e. The molecule has 5 nitrogen and oxygen atoms in total. The molecule has 0 aliphatic carbocycles. The number of aliphatic carboxylic acids is 1. The number of nitrogens with zero attached hydrogens (tertiary/aromatic N) is 1. The van der Waals surface area contributed by atoms with Crippen molar-refractivity contribution in [3.8, 4) is 0 Å². The highest BCUT2D eigenvalue weighted by Crippen LogP contribution is 2.16. The number of nitrogens with one attached hydrogen (secondary N) is 1. The van der Waals surface area contributed by atoms with Gasteiger partial charge in [0.1, 0.15) is 0 Å². The Morgan fingerprint density at radius 2 is 2.05 bits per heavy atom. The first-order valence-corrected chi connectivity index (χ1v) is 7.40. The third-order valence-corrected chi connectivity index (χ3v) is 3.93. The van der Waals surface area contributed by atoms with Crippen LogP contribution >= 0.6 is 0 Å². The Balaban J connectivity index is 1.99. The molecule has 5 heteroatoms. The molecule has 1 aliphatic rings. The van der Waals surface area contributed by atoms with Gasteiger partial charge >= 0.3 is 6.03 Å². The monoisotopic (exact) mass is 289 g/mol. The molecule has 1 saturated heterocycles. The number of carboxylic acids is 1. The first kappa shape index (κ1) is 15.4. The number of carbonyl (C=O) groups is 2. The van der Waals surface area contributed by atoms with E-state index in [1.807, 2.05) is 37.3 Å². The second kappa shape index (κ2) is 7.11. The van der Waals surface area contributed by atoms with Gasteiger partial charge in [-0.05, 0) is 38.2 Å². The maximum absolute atomic E-state index is 12.2. The zero-order valence-electron chi connectivity index (χ0n) is 12.2. The Bertz CT molecular complexity index is 490. The molecular formula is C16H21N2O3-. The zero-order valence-corrected chi connectivity index (χ0v) is 12.2. The molecule has 2 atom stereocenters. The fraction of sp³-hybridized carbons (Fsp3) is 0.500. The maximum atomic E-state index is 12.2. The summed E-state index contributed by atoms with van der Waals surface area (Å²) in [5, 5.41) is 13.8. The zero-order chi connectivity index (χ0) is 15.2. The van der Waals surface area contributed by atoms with Gasteiger partial charge in [0.2, 0.25) is 0 Å². The Labute approximate surface area is 125 Å². The fourth-order valence-electron chi connectivity index (χ4n) is 2.67. The highest BCUT2D eigenvalue weighted by Gasteiger charge is 2.25. The average Bonchev–Trinajstić information content (AvgIpc) is 2.48. The second-order valence-corrected chi connectivity index (χ2v) is 5.55. The van der Waals surface area contributed by atoms with Gasteiger partial charge in [0.25, 0.3) is 0 Å². The topological polar surface area (TPSA) is 72.5 Å². The van der Waals surface area contributed by atoms with Crippen LogP contribution in [0.25, 0.3) is 0 Å². The molecule has 0 spiro atoms. The van der Waals surface area contributed by atoms with Crippen LogP contribution in [0.15, 0.2) is 30.3 Å². The molecule has 0 radical (unpaired) electrons. The summed E-state index contributed by atoms with van der Waals surface area (Å²) in [5.41, 5.74) is 0.860. The van der Waals surface area contributed by atoms with E-state index in [2.05, 4.69) is 5.32 Å². The van der Waals surface area contributed by atoms with Gasteiger partial charge in [0.05, 0.1) is 12.0 Å². The van der Waals surface area contributed by atoms with Crippen LogP contribution in [0, 0.1) is 0 Å². The molecule has 1 heterocycles. The van der Waals surface area contributed by atoms with E-state index in [1.165, 1.54) is 0 Å². The number of piperidine rings is 1. The number of hydrogen-bond donors (Lipinski definition) is 1. The van der Waals surface area contributed by atoms with Crippen molar-refractivity contribution in [3.63, 3.8) is 0 Å². The summed E-state index contributed by atoms with van der Waals surface area (Å²) in [5.74, 6) is -1.25. The summed E-state index contributed by atoms with van der Waals surface area (Å²) in [4.78, 5) is 25.2. The molecule has 2 rings (SSSR count). The Kier molecular flexibility index (Phi) is 5.20. The Morgan fingerprint density at radius 1 is 1.33 bits per heavy atom. The summed E-state index contributed by atoms with van der Waals surface area (Å²) in [6.07, 6.45) is 3.27. The minimum Gasteiger partial charge on any atom is -0.548 e. The van der Waals surface area contributed by atoms with Crippen LogP contribution in [0.1, 0.15) is 31.7 Å². The molecule has 21 heavy (non-hydrogen) atoms. The van der Waals surface area contributed by atoms with Crippen molar-refractivity contribution in [3.05, 3.63) is 35.9 Å². The van der Waals surface area contributed by atoms with Crippen molar-refractivity contribution in [1.82, 2.24) is 10.2 Å². The Hall–Kier alpha value is -2.04. The van der Waals surface area contributed by atoms with Gasteiger partial charge in [-0.25, -0.2) is 4.79 Å². The minimum absolute atomic E-state index is 0.151. The van der Waals surface area contributed by atoms with E-state index in [9.17, 15) is 14.7 Å². The largest absolute Gasteiger partial charge is 0.548 e. The van der Waals surface area contributed by atoms with E-state index < -0.39 is 12.0 Å². The lowest BCUT2D eigenvalue weighted by atomic mass is 10.0. The van der Waals surface area contributed by atoms with Gasteiger partial charge in [-0.1, -0.05) is 30.3 Å². The second-order valence-electron chi connectivity index (χ2n) is 5.55. The van der Waals surface area contributed by atoms with E-state index in [4.69, 9.17) is 0 Å². The lowest BCUT2D eigenvalue weighted by Crippen LogP contribution is -2.55. The summed E-state index contributed by atoms with van der Waals surface area (Å²) in [6.45, 7) is 2.67. The number of rotatable bonds is 4. The summed E-state index contributed by atoms with van der Waals surface area (Å²) in [7, 11) is 0. The van der Waals surface area contributed by atoms with Gasteiger partial charge in [-0.15, -0.1) is 0 Å². The highest BCUT2D eigenvalue weighted by atomic mass is 16.4. The number of urea groups is 1. The number of amides is 2. The van der Waals surface area contributed by atoms with Crippen LogP contribution < -0.4 is 10.4 Å². The SMILES string of the molecule is C[C@H]1CCCCN1C(=O)N[C@@H](Cc1ccccc1)C(=O)[O-]. The fourth-order valence-corrected chi connectivity index (χ4v) is 2.67. The van der Waals surface area contributed by atoms with Gasteiger partial charge in [-0.3, -0.25) is 0 Å². The lowest BCUT2D eigenvalue weighted by Gasteiger charge is -2.35. The van der Waals surface area contributed by atoms with E-state index >= 15 is 0 Å². The van der Waals surface area contributed by atoms with Crippen molar-refractivity contribution >= 4 is 12.0 Å². The lowest BCUT2D eigenvalue weighted by molar-refractivity contribution is -0.308. The number of benzene rings is 1. The van der Waals surface area contributed by atoms with E-state index in [1.54, 1.807) is 4.90 Å². The molecule has 2 amide bonds. The number of carboxylic acid groups (broad SMARTS) is 1. The molecular weight excluding hydrogens is 268 g/mol. The first-order valence-electron chi connectivity index (χ1n) is 7.40. The van der Waals surface area contributed by atoms with Gasteiger partial charge in [-0.2, -0.15) is 0 Å². The molecule has 0 saturated carbocycles. The Morgan fingerprint density at radius 3 is 2.67 bits per heavy atom. The van der Waals surface area contributed by atoms with Crippen LogP contribution in [0.3, 0.4) is 0 Å². The molecule has 1 aromatic rings. The summed E-state index contributed by atoms with van der Waals surface area (Å²) >= 11 is 0. The van der Waals surface area contributed by atoms with Crippen LogP contribution in [-0.2, 0) is 11.2 Å². The molecule has 0 aromatic heterocycles. The highest BCUT2D eigenvalue weighted by molar-refractivity contribution is 5.82. The molecule has 0 bridgehead atoms. The van der Waals surface area contributed by atoms with Crippen molar-refractivity contribution < 1.29 is 14.7 Å². The molecule has 114 valence electrons. The molecule has 1 fully saturated rings. The van der Waals surface area contributed by atoms with Crippen molar-refractivity contribution in [1.29, 1.82) is 0 Å². The van der Waals surface area contributed by atoms with E-state index in [-0.39, 0.29) is 18.5 Å². The first-order chi connectivity index (χ1) is 10.1. The summed E-state index contributed by atoms with van der Waals surface area (Å²) in [6, 6.07) is 8.06. The van der Waals surface area contributed by atoms with Gasteiger partial charge in [0, 0.05) is 12.6 Å². The predicted molar refractivity (Wildman–Crippen MR) is 77.5 cm³/mol. The molecule has 1 aromatic carbocycles. The van der Waals surface area contributed by atoms with Crippen LogP contribution in [0.5, 0.6) is 0 Å².